The second kappa shape index (κ2) is 3.97. The molecule has 0 radical (unpaired) electrons. The predicted octanol–water partition coefficient (Wildman–Crippen LogP) is 2.53. The van der Waals surface area contributed by atoms with Crippen LogP contribution in [-0.4, -0.2) is 17.8 Å². The first kappa shape index (κ1) is 11.3. The Hall–Kier alpha value is -1.23. The number of halogens is 3. The highest BCUT2D eigenvalue weighted by Gasteiger charge is 2.34. The highest BCUT2D eigenvalue weighted by Crippen LogP contribution is 2.34. The highest BCUT2D eigenvalue weighted by molar-refractivity contribution is 5.38. The van der Waals surface area contributed by atoms with Crippen molar-refractivity contribution in [3.8, 4) is 5.75 Å². The van der Waals surface area contributed by atoms with Gasteiger partial charge in [-0.05, 0) is 36.2 Å². The third-order valence-electron chi connectivity index (χ3n) is 2.72. The summed E-state index contributed by atoms with van der Waals surface area (Å²) < 4.78 is 37.0. The molecule has 1 aliphatic rings. The summed E-state index contributed by atoms with van der Waals surface area (Å²) >= 11 is 0. The first-order chi connectivity index (χ1) is 7.46. The number of nitrogens with one attached hydrogen (secondary N) is 1. The van der Waals surface area contributed by atoms with E-state index in [4.69, 9.17) is 0 Å². The van der Waals surface area contributed by atoms with Gasteiger partial charge in [0, 0.05) is 6.04 Å². The summed E-state index contributed by atoms with van der Waals surface area (Å²) in [5.41, 5.74) is 1.44. The maximum Gasteiger partial charge on any atom is 0.390 e. The summed E-state index contributed by atoms with van der Waals surface area (Å²) in [6, 6.07) is 3.84. The molecule has 2 N–H and O–H groups in total. The average Bonchev–Trinajstić information content (AvgIpc) is 2.15. The van der Waals surface area contributed by atoms with Crippen molar-refractivity contribution in [1.29, 1.82) is 0 Å². The minimum absolute atomic E-state index is 0.103. The van der Waals surface area contributed by atoms with Gasteiger partial charge in [-0.25, -0.2) is 0 Å². The molecule has 1 atom stereocenters. The van der Waals surface area contributed by atoms with Gasteiger partial charge in [0.25, 0.3) is 0 Å². The molecule has 0 saturated heterocycles. The second-order valence-corrected chi connectivity index (χ2v) is 3.96. The lowest BCUT2D eigenvalue weighted by Gasteiger charge is -2.27. The molecule has 1 aliphatic heterocycles. The molecule has 2 rings (SSSR count). The van der Waals surface area contributed by atoms with Crippen molar-refractivity contribution in [2.75, 3.05) is 6.54 Å². The van der Waals surface area contributed by atoms with E-state index in [9.17, 15) is 18.3 Å². The van der Waals surface area contributed by atoms with E-state index >= 15 is 0 Å². The molecular formula is C11H12F3NO. The topological polar surface area (TPSA) is 32.3 Å². The maximum absolute atomic E-state index is 12.3. The SMILES string of the molecule is Oc1ccc2c(c1)CCNC2CC(F)(F)F. The molecule has 1 unspecified atom stereocenters. The lowest BCUT2D eigenvalue weighted by Crippen LogP contribution is -2.33. The zero-order valence-electron chi connectivity index (χ0n) is 8.51. The van der Waals surface area contributed by atoms with Gasteiger partial charge >= 0.3 is 6.18 Å². The largest absolute Gasteiger partial charge is 0.508 e. The van der Waals surface area contributed by atoms with Gasteiger partial charge in [0.15, 0.2) is 0 Å². The van der Waals surface area contributed by atoms with Gasteiger partial charge in [-0.15, -0.1) is 0 Å². The smallest absolute Gasteiger partial charge is 0.390 e. The van der Waals surface area contributed by atoms with Crippen LogP contribution >= 0.6 is 0 Å². The maximum atomic E-state index is 12.3. The van der Waals surface area contributed by atoms with Crippen LogP contribution in [0.3, 0.4) is 0 Å². The van der Waals surface area contributed by atoms with Crippen molar-refractivity contribution in [3.05, 3.63) is 29.3 Å². The van der Waals surface area contributed by atoms with E-state index < -0.39 is 18.6 Å². The molecule has 5 heteroatoms. The number of hydrogen-bond donors (Lipinski definition) is 2. The number of phenolic OH excluding ortho intramolecular Hbond substituents is 1. The Bertz CT molecular complexity index is 389. The average molecular weight is 231 g/mol. The summed E-state index contributed by atoms with van der Waals surface area (Å²) in [5.74, 6) is 0.103. The van der Waals surface area contributed by atoms with Crippen molar-refractivity contribution < 1.29 is 18.3 Å². The van der Waals surface area contributed by atoms with Gasteiger partial charge in [0.1, 0.15) is 5.75 Å². The van der Waals surface area contributed by atoms with Crippen LogP contribution in [0.5, 0.6) is 5.75 Å². The molecular weight excluding hydrogens is 219 g/mol. The molecule has 1 heterocycles. The summed E-state index contributed by atoms with van der Waals surface area (Å²) in [6.45, 7) is 0.511. The normalized spacial score (nSPS) is 20.6. The van der Waals surface area contributed by atoms with Crippen LogP contribution in [0.4, 0.5) is 13.2 Å². The molecule has 16 heavy (non-hydrogen) atoms. The first-order valence-corrected chi connectivity index (χ1v) is 5.07. The van der Waals surface area contributed by atoms with Gasteiger partial charge in [-0.2, -0.15) is 13.2 Å². The van der Waals surface area contributed by atoms with Crippen LogP contribution in [-0.2, 0) is 6.42 Å². The minimum atomic E-state index is -4.18. The van der Waals surface area contributed by atoms with Crippen molar-refractivity contribution in [3.63, 3.8) is 0 Å². The zero-order valence-corrected chi connectivity index (χ0v) is 8.51. The highest BCUT2D eigenvalue weighted by atomic mass is 19.4. The fraction of sp³-hybridized carbons (Fsp3) is 0.455. The minimum Gasteiger partial charge on any atom is -0.508 e. The lowest BCUT2D eigenvalue weighted by atomic mass is 9.92. The fourth-order valence-corrected chi connectivity index (χ4v) is 2.05. The van der Waals surface area contributed by atoms with Crippen molar-refractivity contribution >= 4 is 0 Å². The second-order valence-electron chi connectivity index (χ2n) is 3.96. The summed E-state index contributed by atoms with van der Waals surface area (Å²) in [4.78, 5) is 0. The summed E-state index contributed by atoms with van der Waals surface area (Å²) in [7, 11) is 0. The molecule has 88 valence electrons. The van der Waals surface area contributed by atoms with Crippen LogP contribution in [0, 0.1) is 0 Å². The van der Waals surface area contributed by atoms with E-state index in [0.717, 1.165) is 5.56 Å². The van der Waals surface area contributed by atoms with Gasteiger partial charge in [0.05, 0.1) is 6.42 Å². The molecule has 0 fully saturated rings. The molecule has 0 aliphatic carbocycles. The van der Waals surface area contributed by atoms with E-state index in [0.29, 0.717) is 18.5 Å². The van der Waals surface area contributed by atoms with Crippen molar-refractivity contribution in [2.45, 2.75) is 25.1 Å². The van der Waals surface area contributed by atoms with Crippen LogP contribution in [0.2, 0.25) is 0 Å². The van der Waals surface area contributed by atoms with E-state index in [2.05, 4.69) is 5.32 Å². The molecule has 1 aromatic rings. The molecule has 0 saturated carbocycles. The summed E-state index contributed by atoms with van der Waals surface area (Å²) in [5, 5.41) is 12.1. The number of hydrogen-bond acceptors (Lipinski definition) is 2. The number of alkyl halides is 3. The lowest BCUT2D eigenvalue weighted by molar-refractivity contribution is -0.140. The predicted molar refractivity (Wildman–Crippen MR) is 53.2 cm³/mol. The molecule has 0 spiro atoms. The summed E-state index contributed by atoms with van der Waals surface area (Å²) in [6.07, 6.45) is -4.40. The number of benzene rings is 1. The van der Waals surface area contributed by atoms with E-state index in [1.807, 2.05) is 0 Å². The standard InChI is InChI=1S/C11H12F3NO/c12-11(13,14)6-10-9-2-1-8(16)5-7(9)3-4-15-10/h1-2,5,10,15-16H,3-4,6H2. The van der Waals surface area contributed by atoms with Crippen LogP contribution in [0.1, 0.15) is 23.6 Å². The Morgan fingerprint density at radius 2 is 2.12 bits per heavy atom. The van der Waals surface area contributed by atoms with E-state index in [1.54, 1.807) is 12.1 Å². The monoisotopic (exact) mass is 231 g/mol. The van der Waals surface area contributed by atoms with E-state index in [-0.39, 0.29) is 5.75 Å². The number of aromatic hydroxyl groups is 1. The Labute approximate surface area is 91.1 Å². The fourth-order valence-electron chi connectivity index (χ4n) is 2.05. The van der Waals surface area contributed by atoms with Crippen LogP contribution in [0.15, 0.2) is 18.2 Å². The molecule has 0 aromatic heterocycles. The Morgan fingerprint density at radius 3 is 2.81 bits per heavy atom. The Morgan fingerprint density at radius 1 is 1.38 bits per heavy atom. The van der Waals surface area contributed by atoms with Gasteiger partial charge in [-0.3, -0.25) is 0 Å². The quantitative estimate of drug-likeness (QED) is 0.778. The molecule has 2 nitrogen and oxygen atoms in total. The third kappa shape index (κ3) is 2.47. The number of fused-ring (bicyclic) bond motifs is 1. The molecule has 1 aromatic carbocycles. The molecule has 0 amide bonds. The van der Waals surface area contributed by atoms with Gasteiger partial charge in [0.2, 0.25) is 0 Å². The van der Waals surface area contributed by atoms with Crippen LogP contribution < -0.4 is 5.32 Å². The van der Waals surface area contributed by atoms with Gasteiger partial charge < -0.3 is 10.4 Å². The zero-order chi connectivity index (χ0) is 11.8. The van der Waals surface area contributed by atoms with Crippen molar-refractivity contribution in [2.24, 2.45) is 0 Å². The van der Waals surface area contributed by atoms with Gasteiger partial charge in [-0.1, -0.05) is 6.07 Å². The van der Waals surface area contributed by atoms with E-state index in [1.165, 1.54) is 6.07 Å². The Kier molecular flexibility index (Phi) is 2.80. The number of rotatable bonds is 1. The molecule has 0 bridgehead atoms. The first-order valence-electron chi connectivity index (χ1n) is 5.07. The number of phenols is 1. The third-order valence-corrected chi connectivity index (χ3v) is 2.72. The van der Waals surface area contributed by atoms with Crippen LogP contribution in [0.25, 0.3) is 0 Å². The Balaban J connectivity index is 2.26. The van der Waals surface area contributed by atoms with Crippen molar-refractivity contribution in [1.82, 2.24) is 5.32 Å².